The molecule has 0 aliphatic carbocycles. The number of hydrogen-bond donors (Lipinski definition) is 1. The van der Waals surface area contributed by atoms with Gasteiger partial charge in [-0.05, 0) is 43.8 Å². The Labute approximate surface area is 132 Å². The molecule has 2 rings (SSSR count). The topological polar surface area (TPSA) is 54.5 Å². The molecule has 22 heavy (non-hydrogen) atoms. The van der Waals surface area contributed by atoms with Gasteiger partial charge in [-0.3, -0.25) is 9.69 Å². The van der Waals surface area contributed by atoms with Crippen LogP contribution in [0.25, 0.3) is 0 Å². The third-order valence-corrected chi connectivity index (χ3v) is 3.59. The Kier molecular flexibility index (Phi) is 6.90. The van der Waals surface area contributed by atoms with Crippen molar-refractivity contribution in [3.05, 3.63) is 36.2 Å². The van der Waals surface area contributed by atoms with E-state index in [0.29, 0.717) is 12.5 Å². The van der Waals surface area contributed by atoms with Crippen molar-refractivity contribution in [1.82, 2.24) is 15.2 Å². The van der Waals surface area contributed by atoms with Crippen molar-refractivity contribution < 1.29 is 9.53 Å². The minimum atomic E-state index is -0.0655. The van der Waals surface area contributed by atoms with Crippen molar-refractivity contribution in [1.29, 1.82) is 0 Å². The second-order valence-corrected chi connectivity index (χ2v) is 5.58. The molecular weight excluding hydrogens is 278 g/mol. The molecule has 1 N–H and O–H groups in total. The van der Waals surface area contributed by atoms with E-state index < -0.39 is 0 Å². The van der Waals surface area contributed by atoms with Crippen molar-refractivity contribution in [2.45, 2.75) is 39.2 Å². The normalized spacial score (nSPS) is 15.9. The number of likely N-dealkylation sites (tertiary alicyclic amines) is 1. The molecule has 2 heterocycles. The number of aromatic nitrogens is 1. The van der Waals surface area contributed by atoms with Crippen molar-refractivity contribution in [2.24, 2.45) is 0 Å². The predicted molar refractivity (Wildman–Crippen MR) is 86.4 cm³/mol. The molecule has 1 aromatic rings. The zero-order valence-corrected chi connectivity index (χ0v) is 13.3. The summed E-state index contributed by atoms with van der Waals surface area (Å²) in [5, 5.41) is 2.60. The lowest BCUT2D eigenvalue weighted by molar-refractivity contribution is -0.118. The molecule has 5 nitrogen and oxygen atoms in total. The molecule has 0 atom stereocenters. The van der Waals surface area contributed by atoms with Crippen LogP contribution in [0.15, 0.2) is 30.6 Å². The highest BCUT2D eigenvalue weighted by molar-refractivity contribution is 5.73. The Bertz CT molecular complexity index is 496. The van der Waals surface area contributed by atoms with Crippen LogP contribution in [0.3, 0.4) is 0 Å². The Morgan fingerprint density at radius 1 is 1.41 bits per heavy atom. The summed E-state index contributed by atoms with van der Waals surface area (Å²) in [7, 11) is 0. The monoisotopic (exact) mass is 303 g/mol. The molecule has 1 fully saturated rings. The van der Waals surface area contributed by atoms with E-state index in [4.69, 9.17) is 4.74 Å². The fourth-order valence-electron chi connectivity index (χ4n) is 2.49. The number of piperidine rings is 1. The molecule has 0 radical (unpaired) electrons. The Morgan fingerprint density at radius 3 is 3.00 bits per heavy atom. The van der Waals surface area contributed by atoms with E-state index in [0.717, 1.165) is 13.0 Å². The van der Waals surface area contributed by atoms with E-state index in [-0.39, 0.29) is 5.91 Å². The van der Waals surface area contributed by atoms with Gasteiger partial charge in [0.15, 0.2) is 0 Å². The maximum absolute atomic E-state index is 10.7. The maximum Gasteiger partial charge on any atom is 0.220 e. The van der Waals surface area contributed by atoms with E-state index in [1.807, 2.05) is 18.3 Å². The van der Waals surface area contributed by atoms with E-state index >= 15 is 0 Å². The summed E-state index contributed by atoms with van der Waals surface area (Å²) < 4.78 is 5.65. The molecule has 0 unspecified atom stereocenters. The van der Waals surface area contributed by atoms with E-state index in [2.05, 4.69) is 21.3 Å². The highest BCUT2D eigenvalue weighted by Crippen LogP contribution is 2.15. The molecule has 1 aliphatic rings. The van der Waals surface area contributed by atoms with E-state index in [1.54, 1.807) is 6.20 Å². The average molecular weight is 303 g/mol. The fourth-order valence-corrected chi connectivity index (χ4v) is 2.49. The van der Waals surface area contributed by atoms with Gasteiger partial charge in [-0.1, -0.05) is 12.5 Å². The quantitative estimate of drug-likeness (QED) is 0.786. The number of carbonyl (C=O) groups excluding carboxylic acids is 1. The number of ether oxygens (including phenoxy) is 1. The predicted octanol–water partition coefficient (Wildman–Crippen LogP) is 2.49. The van der Waals surface area contributed by atoms with Gasteiger partial charge in [0.25, 0.3) is 0 Å². The molecule has 5 heteroatoms. The van der Waals surface area contributed by atoms with Crippen LogP contribution in [0.1, 0.15) is 38.2 Å². The summed E-state index contributed by atoms with van der Waals surface area (Å²) in [5.74, 6) is 0.603. The van der Waals surface area contributed by atoms with Crippen molar-refractivity contribution >= 4 is 5.91 Å². The molecule has 120 valence electrons. The Balaban J connectivity index is 1.73. The summed E-state index contributed by atoms with van der Waals surface area (Å²) in [6, 6.07) is 4.07. The average Bonchev–Trinajstić information content (AvgIpc) is 2.52. The van der Waals surface area contributed by atoms with Crippen LogP contribution in [0.2, 0.25) is 0 Å². The van der Waals surface area contributed by atoms with Crippen LogP contribution in [-0.4, -0.2) is 35.5 Å². The van der Waals surface area contributed by atoms with E-state index in [9.17, 15) is 4.79 Å². The molecule has 0 aromatic carbocycles. The number of pyridine rings is 1. The first kappa shape index (κ1) is 16.5. The molecule has 1 aliphatic heterocycles. The minimum Gasteiger partial charge on any atom is -0.477 e. The van der Waals surface area contributed by atoms with Gasteiger partial charge in [0.1, 0.15) is 0 Å². The molecule has 0 saturated carbocycles. The van der Waals surface area contributed by atoms with Crippen LogP contribution in [-0.2, 0) is 11.3 Å². The molecule has 0 bridgehead atoms. The van der Waals surface area contributed by atoms with Gasteiger partial charge >= 0.3 is 0 Å². The maximum atomic E-state index is 10.7. The number of nitrogens with zero attached hydrogens (tertiary/aromatic N) is 2. The van der Waals surface area contributed by atoms with Gasteiger partial charge in [-0.2, -0.15) is 0 Å². The lowest BCUT2D eigenvalue weighted by Gasteiger charge is -2.26. The summed E-state index contributed by atoms with van der Waals surface area (Å²) in [6.07, 6.45) is 10.0. The van der Waals surface area contributed by atoms with Crippen LogP contribution >= 0.6 is 0 Å². The lowest BCUT2D eigenvalue weighted by atomic mass is 10.1. The number of nitrogens with one attached hydrogen (secondary N) is 1. The Morgan fingerprint density at radius 2 is 2.23 bits per heavy atom. The third kappa shape index (κ3) is 6.26. The molecule has 1 aromatic heterocycles. The zero-order valence-electron chi connectivity index (χ0n) is 13.3. The van der Waals surface area contributed by atoms with Crippen LogP contribution < -0.4 is 10.1 Å². The largest absolute Gasteiger partial charge is 0.477 e. The van der Waals surface area contributed by atoms with Crippen molar-refractivity contribution in [2.75, 3.05) is 19.7 Å². The smallest absolute Gasteiger partial charge is 0.220 e. The van der Waals surface area contributed by atoms with Gasteiger partial charge in [0.2, 0.25) is 11.8 Å². The van der Waals surface area contributed by atoms with E-state index in [1.165, 1.54) is 44.8 Å². The molecule has 1 amide bonds. The number of hydrogen-bond acceptors (Lipinski definition) is 4. The van der Waals surface area contributed by atoms with Gasteiger partial charge in [0, 0.05) is 32.2 Å². The van der Waals surface area contributed by atoms with Crippen molar-refractivity contribution in [3.63, 3.8) is 0 Å². The second-order valence-electron chi connectivity index (χ2n) is 5.58. The highest BCUT2D eigenvalue weighted by Gasteiger charge is 2.10. The third-order valence-electron chi connectivity index (χ3n) is 3.59. The number of rotatable bonds is 7. The summed E-state index contributed by atoms with van der Waals surface area (Å²) in [4.78, 5) is 17.4. The SMILES string of the molecule is CC(=O)N/C=C\CCOc1cc(CN2CCCCC2)ccn1. The summed E-state index contributed by atoms with van der Waals surface area (Å²) in [6.45, 7) is 5.38. The van der Waals surface area contributed by atoms with Gasteiger partial charge in [0.05, 0.1) is 6.61 Å². The Hall–Kier alpha value is -1.88. The first-order valence-electron chi connectivity index (χ1n) is 7.96. The molecule has 0 spiro atoms. The van der Waals surface area contributed by atoms with Gasteiger partial charge in [-0.15, -0.1) is 0 Å². The minimum absolute atomic E-state index is 0.0655. The molecular formula is C17H25N3O2. The van der Waals surface area contributed by atoms with Crippen LogP contribution in [0.4, 0.5) is 0 Å². The second kappa shape index (κ2) is 9.20. The zero-order chi connectivity index (χ0) is 15.6. The first-order chi connectivity index (χ1) is 10.7. The standard InChI is InChI=1S/C17H25N3O2/c1-15(21)18-8-3-6-12-22-17-13-16(7-9-19-17)14-20-10-4-2-5-11-20/h3,7-9,13H,2,4-6,10-12,14H2,1H3,(H,18,21)/b8-3-. The highest BCUT2D eigenvalue weighted by atomic mass is 16.5. The summed E-state index contributed by atoms with van der Waals surface area (Å²) >= 11 is 0. The first-order valence-corrected chi connectivity index (χ1v) is 7.96. The number of carbonyl (C=O) groups is 1. The van der Waals surface area contributed by atoms with Gasteiger partial charge in [-0.25, -0.2) is 4.98 Å². The lowest BCUT2D eigenvalue weighted by Crippen LogP contribution is -2.29. The van der Waals surface area contributed by atoms with Gasteiger partial charge < -0.3 is 10.1 Å². The van der Waals surface area contributed by atoms with Crippen molar-refractivity contribution in [3.8, 4) is 5.88 Å². The summed E-state index contributed by atoms with van der Waals surface area (Å²) in [5.41, 5.74) is 1.25. The number of amides is 1. The van der Waals surface area contributed by atoms with Crippen LogP contribution in [0.5, 0.6) is 5.88 Å². The van der Waals surface area contributed by atoms with Crippen LogP contribution in [0, 0.1) is 0 Å². The fraction of sp³-hybridized carbons (Fsp3) is 0.529. The molecule has 1 saturated heterocycles.